The van der Waals surface area contributed by atoms with E-state index in [2.05, 4.69) is 47.8 Å². The molecule has 0 spiro atoms. The van der Waals surface area contributed by atoms with Crippen LogP contribution in [0.2, 0.25) is 0 Å². The molecule has 0 radical (unpaired) electrons. The van der Waals surface area contributed by atoms with Crippen molar-refractivity contribution < 1.29 is 9.53 Å². The smallest absolute Gasteiger partial charge is 0.315 e. The Kier molecular flexibility index (Phi) is 5.84. The number of aromatic nitrogens is 2. The van der Waals surface area contributed by atoms with Gasteiger partial charge in [-0.15, -0.1) is 0 Å². The first-order valence-electron chi connectivity index (χ1n) is 8.07. The van der Waals surface area contributed by atoms with Crippen molar-refractivity contribution >= 4 is 6.03 Å². The van der Waals surface area contributed by atoms with E-state index in [0.29, 0.717) is 19.0 Å². The second-order valence-electron chi connectivity index (χ2n) is 6.08. The lowest BCUT2D eigenvalue weighted by atomic mass is 9.99. The number of hydrogen-bond donors (Lipinski definition) is 2. The highest BCUT2D eigenvalue weighted by atomic mass is 16.5. The van der Waals surface area contributed by atoms with Crippen molar-refractivity contribution in [3.8, 4) is 5.88 Å². The Hall–Kier alpha value is -2.50. The van der Waals surface area contributed by atoms with Gasteiger partial charge in [0.05, 0.1) is 24.9 Å². The Morgan fingerprint density at radius 2 is 2.08 bits per heavy atom. The third-order valence-electron chi connectivity index (χ3n) is 4.09. The van der Waals surface area contributed by atoms with Crippen molar-refractivity contribution in [3.63, 3.8) is 0 Å². The molecular formula is C18H26N4O2. The first kappa shape index (κ1) is 17.8. The van der Waals surface area contributed by atoms with Gasteiger partial charge in [-0.3, -0.25) is 0 Å². The summed E-state index contributed by atoms with van der Waals surface area (Å²) < 4.78 is 7.00. The lowest BCUT2D eigenvalue weighted by Crippen LogP contribution is -2.37. The zero-order valence-electron chi connectivity index (χ0n) is 15.0. The molecule has 0 aliphatic carbocycles. The summed E-state index contributed by atoms with van der Waals surface area (Å²) in [4.78, 5) is 12.0. The zero-order chi connectivity index (χ0) is 17.7. The minimum Gasteiger partial charge on any atom is -0.481 e. The van der Waals surface area contributed by atoms with Crippen LogP contribution >= 0.6 is 0 Å². The lowest BCUT2D eigenvalue weighted by molar-refractivity contribution is 0.240. The summed E-state index contributed by atoms with van der Waals surface area (Å²) in [6.45, 7) is 7.03. The van der Waals surface area contributed by atoms with Crippen LogP contribution in [0.5, 0.6) is 5.88 Å². The van der Waals surface area contributed by atoms with Gasteiger partial charge in [-0.25, -0.2) is 9.48 Å². The molecule has 1 heterocycles. The van der Waals surface area contributed by atoms with Crippen molar-refractivity contribution in [2.75, 3.05) is 13.7 Å². The fraction of sp³-hybridized carbons (Fsp3) is 0.444. The Morgan fingerprint density at radius 3 is 2.75 bits per heavy atom. The van der Waals surface area contributed by atoms with Crippen molar-refractivity contribution in [3.05, 3.63) is 46.6 Å². The van der Waals surface area contributed by atoms with Gasteiger partial charge in [-0.05, 0) is 25.3 Å². The number of hydrogen-bond acceptors (Lipinski definition) is 3. The highest BCUT2D eigenvalue weighted by Crippen LogP contribution is 2.20. The first-order chi connectivity index (χ1) is 11.4. The second-order valence-corrected chi connectivity index (χ2v) is 6.08. The second kappa shape index (κ2) is 7.86. The van der Waals surface area contributed by atoms with Crippen LogP contribution in [-0.2, 0) is 13.6 Å². The van der Waals surface area contributed by atoms with E-state index in [-0.39, 0.29) is 11.9 Å². The molecule has 2 N–H and O–H groups in total. The van der Waals surface area contributed by atoms with E-state index >= 15 is 0 Å². The first-order valence-corrected chi connectivity index (χ1v) is 8.07. The highest BCUT2D eigenvalue weighted by molar-refractivity contribution is 5.74. The van der Waals surface area contributed by atoms with E-state index in [1.165, 1.54) is 11.1 Å². The number of carbonyl (C=O) groups excluding carboxylic acids is 1. The van der Waals surface area contributed by atoms with E-state index in [4.69, 9.17) is 4.74 Å². The lowest BCUT2D eigenvalue weighted by Gasteiger charge is -2.14. The maximum atomic E-state index is 12.0. The van der Waals surface area contributed by atoms with Crippen LogP contribution in [0, 0.1) is 13.8 Å². The summed E-state index contributed by atoms with van der Waals surface area (Å²) in [6, 6.07) is 8.15. The van der Waals surface area contributed by atoms with Crippen LogP contribution in [0.25, 0.3) is 0 Å². The van der Waals surface area contributed by atoms with Gasteiger partial charge in [0.1, 0.15) is 0 Å². The standard InChI is InChI=1S/C18H26N4O2/c1-12-7-6-8-15(9-12)13(2)10-19-18(23)20-11-16-14(3)21-22(4)17(16)24-5/h6-9,13H,10-11H2,1-5H3,(H2,19,20,23). The molecule has 1 aromatic carbocycles. The van der Waals surface area contributed by atoms with Crippen molar-refractivity contribution in [1.29, 1.82) is 0 Å². The number of ether oxygens (including phenoxy) is 1. The van der Waals surface area contributed by atoms with Crippen LogP contribution in [0.4, 0.5) is 4.79 Å². The molecule has 0 saturated heterocycles. The van der Waals surface area contributed by atoms with Gasteiger partial charge in [-0.2, -0.15) is 5.10 Å². The average molecular weight is 330 g/mol. The van der Waals surface area contributed by atoms with Crippen LogP contribution in [0.1, 0.15) is 35.2 Å². The third-order valence-corrected chi connectivity index (χ3v) is 4.09. The molecule has 0 bridgehead atoms. The predicted octanol–water partition coefficient (Wildman–Crippen LogP) is 2.65. The molecule has 6 nitrogen and oxygen atoms in total. The molecule has 130 valence electrons. The van der Waals surface area contributed by atoms with Gasteiger partial charge in [0.25, 0.3) is 0 Å². The molecule has 24 heavy (non-hydrogen) atoms. The maximum absolute atomic E-state index is 12.0. The molecule has 2 aromatic rings. The number of nitrogens with zero attached hydrogens (tertiary/aromatic N) is 2. The molecule has 1 unspecified atom stereocenters. The summed E-state index contributed by atoms with van der Waals surface area (Å²) >= 11 is 0. The maximum Gasteiger partial charge on any atom is 0.315 e. The van der Waals surface area contributed by atoms with Gasteiger partial charge < -0.3 is 15.4 Å². The summed E-state index contributed by atoms with van der Waals surface area (Å²) in [7, 11) is 3.42. The number of methoxy groups -OCH3 is 1. The third kappa shape index (κ3) is 4.28. The van der Waals surface area contributed by atoms with Crippen LogP contribution in [-0.4, -0.2) is 29.5 Å². The molecular weight excluding hydrogens is 304 g/mol. The van der Waals surface area contributed by atoms with E-state index in [0.717, 1.165) is 11.3 Å². The molecule has 1 atom stereocenters. The van der Waals surface area contributed by atoms with Crippen molar-refractivity contribution in [2.45, 2.75) is 33.2 Å². The van der Waals surface area contributed by atoms with E-state index in [1.807, 2.05) is 20.0 Å². The Labute approximate surface area is 143 Å². The van der Waals surface area contributed by atoms with E-state index in [9.17, 15) is 4.79 Å². The predicted molar refractivity (Wildman–Crippen MR) is 94.3 cm³/mol. The normalized spacial score (nSPS) is 11.9. The number of carbonyl (C=O) groups is 1. The quantitative estimate of drug-likeness (QED) is 0.855. The number of rotatable bonds is 6. The Morgan fingerprint density at radius 1 is 1.33 bits per heavy atom. The number of nitrogens with one attached hydrogen (secondary N) is 2. The van der Waals surface area contributed by atoms with Crippen LogP contribution < -0.4 is 15.4 Å². The van der Waals surface area contributed by atoms with Gasteiger partial charge in [0.2, 0.25) is 5.88 Å². The molecule has 0 fully saturated rings. The molecule has 2 amide bonds. The fourth-order valence-electron chi connectivity index (χ4n) is 2.71. The zero-order valence-corrected chi connectivity index (χ0v) is 15.0. The van der Waals surface area contributed by atoms with Crippen molar-refractivity contribution in [2.24, 2.45) is 7.05 Å². The Balaban J connectivity index is 1.86. The number of urea groups is 1. The number of benzene rings is 1. The van der Waals surface area contributed by atoms with Crippen LogP contribution in [0.3, 0.4) is 0 Å². The summed E-state index contributed by atoms with van der Waals surface area (Å²) in [5, 5.41) is 10.1. The summed E-state index contributed by atoms with van der Waals surface area (Å²) in [5.41, 5.74) is 4.19. The van der Waals surface area contributed by atoms with E-state index < -0.39 is 0 Å². The minimum atomic E-state index is -0.195. The molecule has 2 rings (SSSR count). The number of aryl methyl sites for hydroxylation is 3. The van der Waals surface area contributed by atoms with Gasteiger partial charge in [0, 0.05) is 13.6 Å². The summed E-state index contributed by atoms with van der Waals surface area (Å²) in [5.74, 6) is 0.922. The topological polar surface area (TPSA) is 68.2 Å². The largest absolute Gasteiger partial charge is 0.481 e. The van der Waals surface area contributed by atoms with Gasteiger partial charge in [0.15, 0.2) is 0 Å². The highest BCUT2D eigenvalue weighted by Gasteiger charge is 2.15. The van der Waals surface area contributed by atoms with Crippen molar-refractivity contribution in [1.82, 2.24) is 20.4 Å². The molecule has 0 aliphatic heterocycles. The minimum absolute atomic E-state index is 0.195. The molecule has 0 aliphatic rings. The molecule has 6 heteroatoms. The summed E-state index contributed by atoms with van der Waals surface area (Å²) in [6.07, 6.45) is 0. The SMILES string of the molecule is COc1c(CNC(=O)NCC(C)c2cccc(C)c2)c(C)nn1C. The number of amides is 2. The van der Waals surface area contributed by atoms with E-state index in [1.54, 1.807) is 11.8 Å². The van der Waals surface area contributed by atoms with Gasteiger partial charge >= 0.3 is 6.03 Å². The fourth-order valence-corrected chi connectivity index (χ4v) is 2.71. The molecule has 1 aromatic heterocycles. The monoisotopic (exact) mass is 330 g/mol. The van der Waals surface area contributed by atoms with Gasteiger partial charge in [-0.1, -0.05) is 36.8 Å². The van der Waals surface area contributed by atoms with Crippen LogP contribution in [0.15, 0.2) is 24.3 Å². The Bertz CT molecular complexity index is 709. The average Bonchev–Trinajstić information content (AvgIpc) is 2.83. The molecule has 0 saturated carbocycles.